The fourth-order valence-electron chi connectivity index (χ4n) is 2.70. The molecule has 3 N–H and O–H groups in total. The molecule has 4 nitrogen and oxygen atoms in total. The fourth-order valence-corrected chi connectivity index (χ4v) is 2.70. The number of nitrogens with two attached hydrogens (primary N) is 1. The first kappa shape index (κ1) is 16.3. The Morgan fingerprint density at radius 1 is 1.33 bits per heavy atom. The number of morpholine rings is 1. The molecule has 21 heavy (non-hydrogen) atoms. The number of aliphatic hydroxyl groups is 1. The smallest absolute Gasteiger partial charge is 0.126 e. The van der Waals surface area contributed by atoms with Crippen molar-refractivity contribution in [3.8, 4) is 0 Å². The van der Waals surface area contributed by atoms with Crippen LogP contribution in [-0.4, -0.2) is 48.5 Å². The second-order valence-corrected chi connectivity index (χ2v) is 5.61. The minimum Gasteiger partial charge on any atom is -0.394 e. The maximum atomic E-state index is 13.2. The second kappa shape index (κ2) is 7.26. The van der Waals surface area contributed by atoms with Crippen LogP contribution in [0.4, 0.5) is 8.78 Å². The van der Waals surface area contributed by atoms with Crippen LogP contribution in [0.5, 0.6) is 0 Å². The number of hydrogen-bond donors (Lipinski definition) is 2. The van der Waals surface area contributed by atoms with Gasteiger partial charge in [0.05, 0.1) is 18.8 Å². The van der Waals surface area contributed by atoms with Gasteiger partial charge in [0.15, 0.2) is 0 Å². The van der Waals surface area contributed by atoms with Crippen LogP contribution in [0.25, 0.3) is 0 Å². The van der Waals surface area contributed by atoms with Crippen LogP contribution in [0.2, 0.25) is 0 Å². The van der Waals surface area contributed by atoms with Gasteiger partial charge < -0.3 is 15.6 Å². The van der Waals surface area contributed by atoms with Gasteiger partial charge in [-0.25, -0.2) is 8.78 Å². The van der Waals surface area contributed by atoms with E-state index in [0.717, 1.165) is 12.6 Å². The molecule has 0 aromatic heterocycles. The van der Waals surface area contributed by atoms with E-state index in [1.54, 1.807) is 0 Å². The van der Waals surface area contributed by atoms with Crippen molar-refractivity contribution in [2.24, 2.45) is 5.73 Å². The lowest BCUT2D eigenvalue weighted by Crippen LogP contribution is -2.48. The maximum absolute atomic E-state index is 13.2. The van der Waals surface area contributed by atoms with Gasteiger partial charge in [0, 0.05) is 31.7 Å². The van der Waals surface area contributed by atoms with E-state index in [2.05, 4.69) is 4.90 Å². The molecule has 1 saturated heterocycles. The Hall–Kier alpha value is -1.08. The van der Waals surface area contributed by atoms with E-state index >= 15 is 0 Å². The number of benzene rings is 1. The summed E-state index contributed by atoms with van der Waals surface area (Å²) in [4.78, 5) is 2.16. The number of nitrogens with zero attached hydrogens (tertiary/aromatic N) is 1. The lowest BCUT2D eigenvalue weighted by Gasteiger charge is -2.36. The van der Waals surface area contributed by atoms with Gasteiger partial charge in [-0.1, -0.05) is 0 Å². The van der Waals surface area contributed by atoms with Gasteiger partial charge in [0.25, 0.3) is 0 Å². The summed E-state index contributed by atoms with van der Waals surface area (Å²) in [6.07, 6.45) is 0.462. The van der Waals surface area contributed by atoms with Crippen molar-refractivity contribution in [2.45, 2.75) is 31.6 Å². The zero-order valence-corrected chi connectivity index (χ0v) is 12.1. The minimum absolute atomic E-state index is 0.0119. The van der Waals surface area contributed by atoms with E-state index in [-0.39, 0.29) is 18.8 Å². The Labute approximate surface area is 123 Å². The zero-order valence-electron chi connectivity index (χ0n) is 12.1. The lowest BCUT2D eigenvalue weighted by atomic mass is 10.0. The molecule has 0 saturated carbocycles. The van der Waals surface area contributed by atoms with Crippen LogP contribution in [-0.2, 0) is 4.74 Å². The molecule has 0 amide bonds. The third-order valence-corrected chi connectivity index (χ3v) is 3.67. The Morgan fingerprint density at radius 3 is 2.62 bits per heavy atom. The summed E-state index contributed by atoms with van der Waals surface area (Å²) in [5.74, 6) is -1.22. The molecule has 0 spiro atoms. The van der Waals surface area contributed by atoms with Crippen LogP contribution in [0.3, 0.4) is 0 Å². The number of hydrogen-bond acceptors (Lipinski definition) is 4. The van der Waals surface area contributed by atoms with Crippen molar-refractivity contribution in [1.82, 2.24) is 4.90 Å². The minimum atomic E-state index is -0.610. The van der Waals surface area contributed by atoms with Gasteiger partial charge in [-0.2, -0.15) is 0 Å². The third kappa shape index (κ3) is 4.71. The fraction of sp³-hybridized carbons (Fsp3) is 0.600. The van der Waals surface area contributed by atoms with Crippen LogP contribution >= 0.6 is 0 Å². The monoisotopic (exact) mass is 300 g/mol. The third-order valence-electron chi connectivity index (χ3n) is 3.67. The van der Waals surface area contributed by atoms with Gasteiger partial charge in [0.1, 0.15) is 11.6 Å². The molecule has 1 aromatic carbocycles. The highest BCUT2D eigenvalue weighted by Crippen LogP contribution is 2.19. The van der Waals surface area contributed by atoms with Crippen molar-refractivity contribution >= 4 is 0 Å². The lowest BCUT2D eigenvalue weighted by molar-refractivity contribution is -0.0954. The van der Waals surface area contributed by atoms with E-state index in [9.17, 15) is 13.9 Å². The molecule has 6 heteroatoms. The van der Waals surface area contributed by atoms with E-state index < -0.39 is 17.7 Å². The predicted molar refractivity (Wildman–Crippen MR) is 75.8 cm³/mol. The molecule has 3 atom stereocenters. The van der Waals surface area contributed by atoms with Crippen LogP contribution in [0.15, 0.2) is 18.2 Å². The number of ether oxygens (including phenoxy) is 1. The largest absolute Gasteiger partial charge is 0.394 e. The molecule has 2 rings (SSSR count). The summed E-state index contributed by atoms with van der Waals surface area (Å²) in [6.45, 7) is 4.05. The first-order chi connectivity index (χ1) is 9.97. The molecule has 118 valence electrons. The first-order valence-corrected chi connectivity index (χ1v) is 7.18. The van der Waals surface area contributed by atoms with Gasteiger partial charge in [0.2, 0.25) is 0 Å². The van der Waals surface area contributed by atoms with E-state index in [1.165, 1.54) is 12.1 Å². The molecule has 1 aliphatic heterocycles. The quantitative estimate of drug-likeness (QED) is 0.864. The van der Waals surface area contributed by atoms with Crippen LogP contribution in [0.1, 0.15) is 24.9 Å². The van der Waals surface area contributed by atoms with Crippen molar-refractivity contribution in [2.75, 3.05) is 26.2 Å². The topological polar surface area (TPSA) is 58.7 Å². The van der Waals surface area contributed by atoms with Gasteiger partial charge in [-0.3, -0.25) is 4.90 Å². The summed E-state index contributed by atoms with van der Waals surface area (Å²) >= 11 is 0. The highest BCUT2D eigenvalue weighted by atomic mass is 19.1. The predicted octanol–water partition coefficient (Wildman–Crippen LogP) is 1.44. The zero-order chi connectivity index (χ0) is 15.4. The number of halogens is 2. The van der Waals surface area contributed by atoms with Crippen molar-refractivity contribution < 1.29 is 18.6 Å². The molecule has 1 heterocycles. The highest BCUT2D eigenvalue weighted by molar-refractivity contribution is 5.21. The van der Waals surface area contributed by atoms with E-state index in [4.69, 9.17) is 10.5 Å². The van der Waals surface area contributed by atoms with Gasteiger partial charge in [-0.05, 0) is 31.0 Å². The molecule has 0 radical (unpaired) electrons. The summed E-state index contributed by atoms with van der Waals surface area (Å²) < 4.78 is 31.9. The van der Waals surface area contributed by atoms with Crippen molar-refractivity contribution in [3.63, 3.8) is 0 Å². The number of aliphatic hydroxyl groups excluding tert-OH is 1. The molecule has 1 aliphatic rings. The Kier molecular flexibility index (Phi) is 5.64. The molecule has 0 bridgehead atoms. The standard InChI is InChI=1S/C15H22F2N2O2/c1-10-7-19(8-14(9-20)21-10)3-2-15(18)11-4-12(16)6-13(17)5-11/h4-6,10,14-15,20H,2-3,7-9,18H2,1H3. The van der Waals surface area contributed by atoms with Crippen molar-refractivity contribution in [1.29, 1.82) is 0 Å². The number of rotatable bonds is 5. The molecule has 1 aromatic rings. The van der Waals surface area contributed by atoms with Crippen LogP contribution < -0.4 is 5.73 Å². The summed E-state index contributed by atoms with van der Waals surface area (Å²) in [6, 6.07) is 2.96. The Balaban J connectivity index is 1.89. The SMILES string of the molecule is CC1CN(CCC(N)c2cc(F)cc(F)c2)CC(CO)O1. The van der Waals surface area contributed by atoms with Crippen LogP contribution in [0, 0.1) is 11.6 Å². The average molecular weight is 300 g/mol. The second-order valence-electron chi connectivity index (χ2n) is 5.61. The van der Waals surface area contributed by atoms with E-state index in [0.29, 0.717) is 25.1 Å². The molecule has 1 fully saturated rings. The summed E-state index contributed by atoms with van der Waals surface area (Å²) in [5.41, 5.74) is 6.48. The van der Waals surface area contributed by atoms with Gasteiger partial charge >= 0.3 is 0 Å². The molecule has 3 unspecified atom stereocenters. The van der Waals surface area contributed by atoms with E-state index in [1.807, 2.05) is 6.92 Å². The normalized spacial score (nSPS) is 25.0. The molecule has 0 aliphatic carbocycles. The van der Waals surface area contributed by atoms with Crippen molar-refractivity contribution in [3.05, 3.63) is 35.4 Å². The molecular weight excluding hydrogens is 278 g/mol. The summed E-state index contributed by atoms with van der Waals surface area (Å²) in [5, 5.41) is 9.18. The maximum Gasteiger partial charge on any atom is 0.126 e. The van der Waals surface area contributed by atoms with Gasteiger partial charge in [-0.15, -0.1) is 0 Å². The highest BCUT2D eigenvalue weighted by Gasteiger charge is 2.24. The first-order valence-electron chi connectivity index (χ1n) is 7.18. The summed E-state index contributed by atoms with van der Waals surface area (Å²) in [7, 11) is 0. The average Bonchev–Trinajstić information content (AvgIpc) is 2.43. The molecular formula is C15H22F2N2O2. The Morgan fingerprint density at radius 2 is 2.00 bits per heavy atom. The Bertz CT molecular complexity index is 453.